The number of nitrogens with zero attached hydrogens (tertiary/aromatic N) is 1. The second-order valence-corrected chi connectivity index (χ2v) is 3.95. The third kappa shape index (κ3) is 4.84. The van der Waals surface area contributed by atoms with Crippen molar-refractivity contribution in [1.29, 1.82) is 0 Å². The molecule has 0 spiro atoms. The van der Waals surface area contributed by atoms with E-state index in [0.717, 1.165) is 5.56 Å². The monoisotopic (exact) mass is 237 g/mol. The summed E-state index contributed by atoms with van der Waals surface area (Å²) >= 11 is 0. The van der Waals surface area contributed by atoms with Crippen LogP contribution in [0.2, 0.25) is 0 Å². The van der Waals surface area contributed by atoms with Gasteiger partial charge in [0.2, 0.25) is 5.91 Å². The lowest BCUT2D eigenvalue weighted by Gasteiger charge is -2.21. The highest BCUT2D eigenvalue weighted by molar-refractivity contribution is 5.75. The van der Waals surface area contributed by atoms with Gasteiger partial charge in [-0.1, -0.05) is 18.2 Å². The van der Waals surface area contributed by atoms with Crippen LogP contribution in [0.1, 0.15) is 12.0 Å². The van der Waals surface area contributed by atoms with Crippen molar-refractivity contribution in [2.24, 2.45) is 5.73 Å². The van der Waals surface area contributed by atoms with E-state index in [4.69, 9.17) is 16.6 Å². The normalized spacial score (nSPS) is 10.7. The number of hydrogen-bond acceptors (Lipinski definition) is 4. The van der Waals surface area contributed by atoms with Crippen LogP contribution in [-0.4, -0.2) is 35.6 Å². The number of primary amides is 1. The maximum Gasteiger partial charge on any atom is 0.231 e. The summed E-state index contributed by atoms with van der Waals surface area (Å²) in [7, 11) is 0. The fourth-order valence-corrected chi connectivity index (χ4v) is 1.65. The second kappa shape index (κ2) is 6.88. The maximum atomic E-state index is 10.9. The minimum atomic E-state index is -0.377. The SMILES string of the molecule is NC(=O)CN(CCCO)Cc1ccccc1N. The van der Waals surface area contributed by atoms with Crippen molar-refractivity contribution in [3.63, 3.8) is 0 Å². The predicted molar refractivity (Wildman–Crippen MR) is 67.0 cm³/mol. The van der Waals surface area contributed by atoms with Crippen molar-refractivity contribution >= 4 is 11.6 Å². The number of carbonyl (C=O) groups excluding carboxylic acids is 1. The highest BCUT2D eigenvalue weighted by Crippen LogP contribution is 2.13. The first-order valence-electron chi connectivity index (χ1n) is 5.58. The molecule has 94 valence electrons. The Morgan fingerprint density at radius 2 is 2.06 bits per heavy atom. The van der Waals surface area contributed by atoms with Crippen molar-refractivity contribution < 1.29 is 9.90 Å². The molecular formula is C12H19N3O2. The summed E-state index contributed by atoms with van der Waals surface area (Å²) in [5, 5.41) is 8.80. The molecule has 0 aliphatic rings. The van der Waals surface area contributed by atoms with Crippen LogP contribution in [0.25, 0.3) is 0 Å². The Kier molecular flexibility index (Phi) is 5.45. The number of benzene rings is 1. The second-order valence-electron chi connectivity index (χ2n) is 3.95. The molecule has 1 rings (SSSR count). The summed E-state index contributed by atoms with van der Waals surface area (Å²) in [5.74, 6) is -0.377. The molecular weight excluding hydrogens is 218 g/mol. The minimum Gasteiger partial charge on any atom is -0.398 e. The van der Waals surface area contributed by atoms with Crippen LogP contribution in [0, 0.1) is 0 Å². The van der Waals surface area contributed by atoms with Gasteiger partial charge in [0.15, 0.2) is 0 Å². The maximum absolute atomic E-state index is 10.9. The number of aliphatic hydroxyl groups is 1. The molecule has 0 heterocycles. The molecule has 0 saturated heterocycles. The average molecular weight is 237 g/mol. The van der Waals surface area contributed by atoms with Gasteiger partial charge >= 0.3 is 0 Å². The van der Waals surface area contributed by atoms with E-state index < -0.39 is 0 Å². The van der Waals surface area contributed by atoms with Crippen LogP contribution in [0.5, 0.6) is 0 Å². The van der Waals surface area contributed by atoms with Crippen LogP contribution in [0.3, 0.4) is 0 Å². The molecule has 0 aliphatic carbocycles. The highest BCUT2D eigenvalue weighted by Gasteiger charge is 2.10. The van der Waals surface area contributed by atoms with Gasteiger partial charge in [0.05, 0.1) is 6.54 Å². The van der Waals surface area contributed by atoms with E-state index in [1.54, 1.807) is 0 Å². The van der Waals surface area contributed by atoms with E-state index in [1.807, 2.05) is 29.2 Å². The van der Waals surface area contributed by atoms with Crippen molar-refractivity contribution in [2.45, 2.75) is 13.0 Å². The number of anilines is 1. The summed E-state index contributed by atoms with van der Waals surface area (Å²) in [6.45, 7) is 1.46. The van der Waals surface area contributed by atoms with Gasteiger partial charge in [0.25, 0.3) is 0 Å². The number of aliphatic hydroxyl groups excluding tert-OH is 1. The van der Waals surface area contributed by atoms with Gasteiger partial charge in [-0.3, -0.25) is 9.69 Å². The summed E-state index contributed by atoms with van der Waals surface area (Å²) in [5.41, 5.74) is 12.7. The molecule has 17 heavy (non-hydrogen) atoms. The van der Waals surface area contributed by atoms with Gasteiger partial charge in [0.1, 0.15) is 0 Å². The predicted octanol–water partition coefficient (Wildman–Crippen LogP) is -0.0615. The molecule has 5 nitrogen and oxygen atoms in total. The van der Waals surface area contributed by atoms with E-state index in [0.29, 0.717) is 25.2 Å². The Labute approximate surface area is 101 Å². The van der Waals surface area contributed by atoms with Crippen LogP contribution >= 0.6 is 0 Å². The van der Waals surface area contributed by atoms with E-state index in [2.05, 4.69) is 0 Å². The van der Waals surface area contributed by atoms with Crippen LogP contribution in [0.15, 0.2) is 24.3 Å². The molecule has 0 aromatic heterocycles. The number of para-hydroxylation sites is 1. The summed E-state index contributed by atoms with van der Waals surface area (Å²) in [4.78, 5) is 12.8. The zero-order valence-electron chi connectivity index (χ0n) is 9.80. The Bertz CT molecular complexity index is 369. The van der Waals surface area contributed by atoms with Crippen LogP contribution < -0.4 is 11.5 Å². The minimum absolute atomic E-state index is 0.0968. The number of carbonyl (C=O) groups is 1. The standard InChI is InChI=1S/C12H19N3O2/c13-11-5-2-1-4-10(11)8-15(6-3-7-16)9-12(14)17/h1-2,4-5,16H,3,6-9,13H2,(H2,14,17). The molecule has 0 atom stereocenters. The number of nitrogens with two attached hydrogens (primary N) is 2. The molecule has 5 N–H and O–H groups in total. The van der Waals surface area contributed by atoms with Crippen LogP contribution in [0.4, 0.5) is 5.69 Å². The fraction of sp³-hybridized carbons (Fsp3) is 0.417. The first-order valence-corrected chi connectivity index (χ1v) is 5.58. The lowest BCUT2D eigenvalue weighted by Crippen LogP contribution is -2.34. The van der Waals surface area contributed by atoms with Gasteiger partial charge < -0.3 is 16.6 Å². The topological polar surface area (TPSA) is 92.6 Å². The summed E-state index contributed by atoms with van der Waals surface area (Å²) in [6.07, 6.45) is 0.611. The highest BCUT2D eigenvalue weighted by atomic mass is 16.3. The van der Waals surface area contributed by atoms with Gasteiger partial charge in [0, 0.05) is 25.4 Å². The molecule has 5 heteroatoms. The zero-order chi connectivity index (χ0) is 12.7. The molecule has 0 saturated carbocycles. The van der Waals surface area contributed by atoms with Crippen molar-refractivity contribution in [3.05, 3.63) is 29.8 Å². The van der Waals surface area contributed by atoms with Gasteiger partial charge in [-0.05, 0) is 18.1 Å². The number of amides is 1. The van der Waals surface area contributed by atoms with Gasteiger partial charge in [-0.25, -0.2) is 0 Å². The van der Waals surface area contributed by atoms with Gasteiger partial charge in [-0.15, -0.1) is 0 Å². The number of nitrogen functional groups attached to an aromatic ring is 1. The Hall–Kier alpha value is -1.59. The van der Waals surface area contributed by atoms with Crippen molar-refractivity contribution in [3.8, 4) is 0 Å². The quantitative estimate of drug-likeness (QED) is 0.579. The number of rotatable bonds is 7. The van der Waals surface area contributed by atoms with Crippen molar-refractivity contribution in [1.82, 2.24) is 4.90 Å². The van der Waals surface area contributed by atoms with E-state index in [1.165, 1.54) is 0 Å². The Balaban J connectivity index is 2.64. The third-order valence-electron chi connectivity index (χ3n) is 2.46. The average Bonchev–Trinajstić information content (AvgIpc) is 2.28. The largest absolute Gasteiger partial charge is 0.398 e. The summed E-state index contributed by atoms with van der Waals surface area (Å²) in [6, 6.07) is 7.51. The third-order valence-corrected chi connectivity index (χ3v) is 2.46. The van der Waals surface area contributed by atoms with E-state index >= 15 is 0 Å². The Morgan fingerprint density at radius 1 is 1.35 bits per heavy atom. The first-order chi connectivity index (χ1) is 8.13. The fourth-order valence-electron chi connectivity index (χ4n) is 1.65. The lowest BCUT2D eigenvalue weighted by atomic mass is 10.1. The van der Waals surface area contributed by atoms with E-state index in [9.17, 15) is 4.79 Å². The first kappa shape index (κ1) is 13.5. The zero-order valence-corrected chi connectivity index (χ0v) is 9.80. The molecule has 0 radical (unpaired) electrons. The smallest absolute Gasteiger partial charge is 0.231 e. The Morgan fingerprint density at radius 3 is 2.65 bits per heavy atom. The molecule has 1 aromatic rings. The van der Waals surface area contributed by atoms with Crippen molar-refractivity contribution in [2.75, 3.05) is 25.4 Å². The van der Waals surface area contributed by atoms with Gasteiger partial charge in [-0.2, -0.15) is 0 Å². The molecule has 0 fully saturated rings. The molecule has 0 aliphatic heterocycles. The summed E-state index contributed by atoms with van der Waals surface area (Å²) < 4.78 is 0. The lowest BCUT2D eigenvalue weighted by molar-refractivity contribution is -0.119. The van der Waals surface area contributed by atoms with E-state index in [-0.39, 0.29) is 19.1 Å². The number of hydrogen-bond donors (Lipinski definition) is 3. The molecule has 1 aromatic carbocycles. The van der Waals surface area contributed by atoms with Crippen LogP contribution in [-0.2, 0) is 11.3 Å². The molecule has 1 amide bonds. The molecule has 0 bridgehead atoms. The molecule has 0 unspecified atom stereocenters.